The second kappa shape index (κ2) is 5.70. The van der Waals surface area contributed by atoms with Crippen LogP contribution in [0.2, 0.25) is 0 Å². The molecule has 0 N–H and O–H groups in total. The van der Waals surface area contributed by atoms with E-state index in [4.69, 9.17) is 0 Å². The summed E-state index contributed by atoms with van der Waals surface area (Å²) in [5, 5.41) is 2.61. The Balaban J connectivity index is 1.58. The lowest BCUT2D eigenvalue weighted by molar-refractivity contribution is 0.328. The van der Waals surface area contributed by atoms with Crippen LogP contribution in [0.25, 0.3) is 10.8 Å². The van der Waals surface area contributed by atoms with E-state index >= 15 is 0 Å². The van der Waals surface area contributed by atoms with Crippen LogP contribution in [0.15, 0.2) is 91.0 Å². The van der Waals surface area contributed by atoms with Crippen LogP contribution in [-0.4, -0.2) is 6.17 Å². The van der Waals surface area contributed by atoms with Crippen LogP contribution in [-0.2, 0) is 5.41 Å². The number of anilines is 4. The predicted octanol–water partition coefficient (Wildman–Crippen LogP) is 7.53. The van der Waals surface area contributed by atoms with E-state index in [2.05, 4.69) is 115 Å². The van der Waals surface area contributed by atoms with Crippen molar-refractivity contribution in [1.29, 1.82) is 0 Å². The third kappa shape index (κ3) is 1.99. The minimum absolute atomic E-state index is 0.230. The summed E-state index contributed by atoms with van der Waals surface area (Å²) in [6.07, 6.45) is 2.72. The molecule has 1 saturated carbocycles. The summed E-state index contributed by atoms with van der Waals surface area (Å²) in [7, 11) is 0. The first-order chi connectivity index (χ1) is 15.2. The molecule has 0 bridgehead atoms. The van der Waals surface area contributed by atoms with Gasteiger partial charge in [0.2, 0.25) is 0 Å². The normalized spacial score (nSPS) is 27.5. The highest BCUT2D eigenvalue weighted by molar-refractivity contribution is 6.00. The molecule has 2 heteroatoms. The molecule has 1 aliphatic carbocycles. The molecule has 7 rings (SSSR count). The van der Waals surface area contributed by atoms with E-state index < -0.39 is 0 Å². The quantitative estimate of drug-likeness (QED) is 0.342. The molecular formula is C29H26N2. The fraction of sp³-hybridized carbons (Fsp3) is 0.241. The Morgan fingerprint density at radius 3 is 2.06 bits per heavy atom. The lowest BCUT2D eigenvalue weighted by Crippen LogP contribution is -2.51. The van der Waals surface area contributed by atoms with Gasteiger partial charge in [-0.2, -0.15) is 0 Å². The third-order valence-corrected chi connectivity index (χ3v) is 8.41. The van der Waals surface area contributed by atoms with Gasteiger partial charge in [-0.15, -0.1) is 0 Å². The van der Waals surface area contributed by atoms with E-state index in [1.54, 1.807) is 0 Å². The molecule has 4 aromatic carbocycles. The zero-order chi connectivity index (χ0) is 20.8. The summed E-state index contributed by atoms with van der Waals surface area (Å²) in [5.41, 5.74) is 7.31. The molecule has 0 radical (unpaired) electrons. The second-order valence-electron chi connectivity index (χ2n) is 9.67. The van der Waals surface area contributed by atoms with Crippen LogP contribution in [0, 0.1) is 5.41 Å². The van der Waals surface area contributed by atoms with Crippen LogP contribution < -0.4 is 9.80 Å². The van der Waals surface area contributed by atoms with Crippen LogP contribution in [0.5, 0.6) is 0 Å². The fourth-order valence-electron chi connectivity index (χ4n) is 6.78. The molecule has 0 saturated heterocycles. The largest absolute Gasteiger partial charge is 0.318 e. The van der Waals surface area contributed by atoms with E-state index in [0.29, 0.717) is 6.17 Å². The van der Waals surface area contributed by atoms with Gasteiger partial charge in [0, 0.05) is 22.2 Å². The predicted molar refractivity (Wildman–Crippen MR) is 130 cm³/mol. The van der Waals surface area contributed by atoms with Crippen molar-refractivity contribution in [2.75, 3.05) is 9.80 Å². The molecule has 31 heavy (non-hydrogen) atoms. The van der Waals surface area contributed by atoms with Gasteiger partial charge in [0.25, 0.3) is 0 Å². The van der Waals surface area contributed by atoms with Gasteiger partial charge < -0.3 is 9.80 Å². The Kier molecular flexibility index (Phi) is 3.20. The molecular weight excluding hydrogens is 376 g/mol. The third-order valence-electron chi connectivity index (χ3n) is 8.41. The molecule has 1 fully saturated rings. The molecule has 2 nitrogen and oxygen atoms in total. The highest BCUT2D eigenvalue weighted by atomic mass is 15.5. The number of fused-ring (bicyclic) bond motifs is 9. The number of hydrogen-bond donors (Lipinski definition) is 0. The maximum Gasteiger partial charge on any atom is 0.118 e. The number of nitrogens with zero attached hydrogens (tertiary/aromatic N) is 2. The first kappa shape index (κ1) is 17.4. The van der Waals surface area contributed by atoms with Gasteiger partial charge in [-0.05, 0) is 59.5 Å². The van der Waals surface area contributed by atoms with Crippen LogP contribution in [0.1, 0.15) is 32.3 Å². The van der Waals surface area contributed by atoms with Crippen LogP contribution in [0.4, 0.5) is 22.7 Å². The first-order valence-corrected chi connectivity index (χ1v) is 11.4. The fourth-order valence-corrected chi connectivity index (χ4v) is 6.78. The van der Waals surface area contributed by atoms with Crippen molar-refractivity contribution in [3.63, 3.8) is 0 Å². The molecule has 2 aliphatic heterocycles. The van der Waals surface area contributed by atoms with E-state index in [0.717, 1.165) is 0 Å². The molecule has 2 heterocycles. The molecule has 152 valence electrons. The molecule has 3 atom stereocenters. The zero-order valence-electron chi connectivity index (χ0n) is 18.0. The van der Waals surface area contributed by atoms with Crippen molar-refractivity contribution in [2.45, 2.75) is 38.3 Å². The monoisotopic (exact) mass is 402 g/mol. The summed E-state index contributed by atoms with van der Waals surface area (Å²) < 4.78 is 0. The maximum absolute atomic E-state index is 2.66. The van der Waals surface area contributed by atoms with Gasteiger partial charge in [-0.3, -0.25) is 0 Å². The molecule has 0 amide bonds. The van der Waals surface area contributed by atoms with Gasteiger partial charge in [0.1, 0.15) is 6.17 Å². The zero-order valence-corrected chi connectivity index (χ0v) is 18.0. The van der Waals surface area contributed by atoms with E-state index in [-0.39, 0.29) is 10.8 Å². The Hall–Kier alpha value is -3.26. The Morgan fingerprint density at radius 2 is 1.35 bits per heavy atom. The van der Waals surface area contributed by atoms with Crippen molar-refractivity contribution >= 4 is 33.5 Å². The van der Waals surface area contributed by atoms with Crippen LogP contribution in [0.3, 0.4) is 0 Å². The summed E-state index contributed by atoms with van der Waals surface area (Å²) in [5.74, 6) is 0. The van der Waals surface area contributed by atoms with Crippen molar-refractivity contribution in [3.8, 4) is 0 Å². The second-order valence-corrected chi connectivity index (χ2v) is 9.67. The first-order valence-electron chi connectivity index (χ1n) is 11.4. The van der Waals surface area contributed by atoms with Crippen molar-refractivity contribution in [1.82, 2.24) is 0 Å². The maximum atomic E-state index is 2.66. The molecule has 4 aromatic rings. The molecule has 3 aliphatic rings. The Labute approximate surface area is 183 Å². The van der Waals surface area contributed by atoms with Gasteiger partial charge in [-0.1, -0.05) is 74.5 Å². The lowest BCUT2D eigenvalue weighted by atomic mass is 9.78. The van der Waals surface area contributed by atoms with E-state index in [1.165, 1.54) is 51.9 Å². The number of rotatable bonds is 2. The SMILES string of the molecule is CCC12CC1(C)c1ccccc1N1c3cc4ccccc4cc3N(c3ccccc3)C12. The van der Waals surface area contributed by atoms with Crippen molar-refractivity contribution < 1.29 is 0 Å². The number of hydrogen-bond acceptors (Lipinski definition) is 2. The molecule has 3 unspecified atom stereocenters. The average Bonchev–Trinajstić information content (AvgIpc) is 3.34. The van der Waals surface area contributed by atoms with Crippen molar-refractivity contribution in [2.24, 2.45) is 5.41 Å². The highest BCUT2D eigenvalue weighted by Gasteiger charge is 2.74. The van der Waals surface area contributed by atoms with Gasteiger partial charge >= 0.3 is 0 Å². The van der Waals surface area contributed by atoms with E-state index in [1.807, 2.05) is 0 Å². The summed E-state index contributed by atoms with van der Waals surface area (Å²) >= 11 is 0. The van der Waals surface area contributed by atoms with E-state index in [9.17, 15) is 0 Å². The van der Waals surface area contributed by atoms with Gasteiger partial charge in [0.05, 0.1) is 11.4 Å². The molecule has 0 aromatic heterocycles. The minimum atomic E-state index is 0.230. The standard InChI is InChI=1S/C29H26N2/c1-3-29-19-28(29,2)23-15-9-10-16-24(23)31-26-18-21-12-8-7-11-20(21)17-25(26)30(27(29)31)22-13-5-4-6-14-22/h4-18,27H,3,19H2,1-2H3. The lowest BCUT2D eigenvalue weighted by Gasteiger charge is -2.46. The number of benzene rings is 4. The minimum Gasteiger partial charge on any atom is -0.318 e. The summed E-state index contributed by atoms with van der Waals surface area (Å²) in [6.45, 7) is 4.88. The van der Waals surface area contributed by atoms with Crippen LogP contribution >= 0.6 is 0 Å². The summed E-state index contributed by atoms with van der Waals surface area (Å²) in [6, 6.07) is 33.7. The van der Waals surface area contributed by atoms with Crippen molar-refractivity contribution in [3.05, 3.63) is 96.6 Å². The van der Waals surface area contributed by atoms with Gasteiger partial charge in [0.15, 0.2) is 0 Å². The highest BCUT2D eigenvalue weighted by Crippen LogP contribution is 2.76. The average molecular weight is 403 g/mol. The topological polar surface area (TPSA) is 6.48 Å². The molecule has 0 spiro atoms. The smallest absolute Gasteiger partial charge is 0.118 e. The Morgan fingerprint density at radius 1 is 0.742 bits per heavy atom. The van der Waals surface area contributed by atoms with Gasteiger partial charge in [-0.25, -0.2) is 0 Å². The number of para-hydroxylation sites is 2. The summed E-state index contributed by atoms with van der Waals surface area (Å²) in [4.78, 5) is 5.29. The Bertz CT molecular complexity index is 1340.